The monoisotopic (exact) mass is 450 g/mol. The molecule has 3 nitrogen and oxygen atoms in total. The van der Waals surface area contributed by atoms with Crippen LogP contribution in [0.4, 0.5) is 0 Å². The smallest absolute Gasteiger partial charge is 0.193 e. The van der Waals surface area contributed by atoms with Gasteiger partial charge >= 0.3 is 0 Å². The molecule has 0 bridgehead atoms. The van der Waals surface area contributed by atoms with Gasteiger partial charge in [0.2, 0.25) is 0 Å². The normalized spacial score (nSPS) is 10.6. The molecule has 0 saturated heterocycles. The molecule has 0 saturated carbocycles. The summed E-state index contributed by atoms with van der Waals surface area (Å²) in [6.45, 7) is 5.62. The zero-order chi connectivity index (χ0) is 23.8. The van der Waals surface area contributed by atoms with Crippen molar-refractivity contribution in [2.24, 2.45) is 0 Å². The van der Waals surface area contributed by atoms with Gasteiger partial charge in [-0.25, -0.2) is 0 Å². The first-order valence-corrected chi connectivity index (χ1v) is 11.9. The Balaban J connectivity index is 1.42. The quantitative estimate of drug-likeness (QED) is 0.231. The highest BCUT2D eigenvalue weighted by molar-refractivity contribution is 6.09. The maximum atomic E-state index is 13.0. The molecule has 34 heavy (non-hydrogen) atoms. The molecule has 0 aliphatic carbocycles. The van der Waals surface area contributed by atoms with Crippen LogP contribution >= 0.6 is 0 Å². The predicted octanol–water partition coefficient (Wildman–Crippen LogP) is 7.83. The first-order valence-electron chi connectivity index (χ1n) is 11.9. The van der Waals surface area contributed by atoms with Crippen LogP contribution < -0.4 is 9.47 Å². The fourth-order valence-corrected chi connectivity index (χ4v) is 3.72. The number of benzene rings is 4. The van der Waals surface area contributed by atoms with Crippen LogP contribution in [0.15, 0.2) is 97.1 Å². The lowest BCUT2D eigenvalue weighted by Gasteiger charge is -2.08. The number of rotatable bonds is 10. The summed E-state index contributed by atoms with van der Waals surface area (Å²) >= 11 is 0. The van der Waals surface area contributed by atoms with Crippen LogP contribution in [-0.4, -0.2) is 19.0 Å². The van der Waals surface area contributed by atoms with E-state index in [0.29, 0.717) is 11.1 Å². The molecule has 4 rings (SSSR count). The van der Waals surface area contributed by atoms with Crippen LogP contribution in [-0.2, 0) is 0 Å². The Morgan fingerprint density at radius 2 is 0.794 bits per heavy atom. The minimum absolute atomic E-state index is 0.0183. The van der Waals surface area contributed by atoms with Crippen molar-refractivity contribution in [3.8, 4) is 33.8 Å². The van der Waals surface area contributed by atoms with Gasteiger partial charge in [-0.05, 0) is 59.4 Å². The van der Waals surface area contributed by atoms with Crippen molar-refractivity contribution in [1.82, 2.24) is 0 Å². The largest absolute Gasteiger partial charge is 0.494 e. The van der Waals surface area contributed by atoms with E-state index in [0.717, 1.165) is 59.8 Å². The molecule has 0 aliphatic rings. The summed E-state index contributed by atoms with van der Waals surface area (Å²) in [5.41, 5.74) is 5.69. The van der Waals surface area contributed by atoms with Gasteiger partial charge in [0.05, 0.1) is 13.2 Å². The highest BCUT2D eigenvalue weighted by atomic mass is 16.5. The van der Waals surface area contributed by atoms with Crippen LogP contribution in [0.3, 0.4) is 0 Å². The van der Waals surface area contributed by atoms with Crippen molar-refractivity contribution in [2.45, 2.75) is 26.7 Å². The Bertz CT molecular complexity index is 1090. The van der Waals surface area contributed by atoms with Gasteiger partial charge < -0.3 is 9.47 Å². The number of carbonyl (C=O) groups excluding carboxylic acids is 1. The van der Waals surface area contributed by atoms with Gasteiger partial charge in [0.15, 0.2) is 5.78 Å². The van der Waals surface area contributed by atoms with Crippen molar-refractivity contribution >= 4 is 5.78 Å². The van der Waals surface area contributed by atoms with Crippen LogP contribution in [0.5, 0.6) is 11.5 Å². The molecule has 0 aromatic heterocycles. The van der Waals surface area contributed by atoms with Gasteiger partial charge in [-0.2, -0.15) is 0 Å². The van der Waals surface area contributed by atoms with E-state index < -0.39 is 0 Å². The van der Waals surface area contributed by atoms with E-state index in [1.807, 2.05) is 97.1 Å². The molecule has 172 valence electrons. The molecular formula is C31H30O3. The molecule has 0 amide bonds. The SMILES string of the molecule is CCCOc1ccc(-c2ccc(C(=O)c3ccc(-c4ccc(OCCC)cc4)cc3)cc2)cc1. The second-order valence-corrected chi connectivity index (χ2v) is 8.23. The van der Waals surface area contributed by atoms with Crippen LogP contribution in [0, 0.1) is 0 Å². The minimum atomic E-state index is 0.0183. The van der Waals surface area contributed by atoms with E-state index in [-0.39, 0.29) is 5.78 Å². The summed E-state index contributed by atoms with van der Waals surface area (Å²) in [7, 11) is 0. The lowest BCUT2D eigenvalue weighted by Crippen LogP contribution is -2.01. The van der Waals surface area contributed by atoms with E-state index in [1.165, 1.54) is 0 Å². The van der Waals surface area contributed by atoms with Crippen molar-refractivity contribution in [2.75, 3.05) is 13.2 Å². The van der Waals surface area contributed by atoms with E-state index >= 15 is 0 Å². The number of ether oxygens (including phenoxy) is 2. The van der Waals surface area contributed by atoms with Crippen LogP contribution in [0.2, 0.25) is 0 Å². The van der Waals surface area contributed by atoms with Crippen molar-refractivity contribution < 1.29 is 14.3 Å². The molecule has 0 spiro atoms. The van der Waals surface area contributed by atoms with E-state index in [9.17, 15) is 4.79 Å². The number of ketones is 1. The average molecular weight is 451 g/mol. The maximum absolute atomic E-state index is 13.0. The summed E-state index contributed by atoms with van der Waals surface area (Å²) in [5, 5.41) is 0. The molecule has 3 heteroatoms. The van der Waals surface area contributed by atoms with Gasteiger partial charge in [-0.15, -0.1) is 0 Å². The van der Waals surface area contributed by atoms with Crippen molar-refractivity contribution in [3.63, 3.8) is 0 Å². The Labute approximate surface area is 202 Å². The zero-order valence-corrected chi connectivity index (χ0v) is 19.8. The van der Waals surface area contributed by atoms with Crippen molar-refractivity contribution in [1.29, 1.82) is 0 Å². The topological polar surface area (TPSA) is 35.5 Å². The summed E-state index contributed by atoms with van der Waals surface area (Å²) in [5.74, 6) is 1.77. The molecule has 0 unspecified atom stereocenters. The van der Waals surface area contributed by atoms with Crippen LogP contribution in [0.25, 0.3) is 22.3 Å². The third-order valence-corrected chi connectivity index (χ3v) is 5.62. The first kappa shape index (κ1) is 23.3. The van der Waals surface area contributed by atoms with Gasteiger partial charge in [-0.3, -0.25) is 4.79 Å². The number of carbonyl (C=O) groups is 1. The summed E-state index contributed by atoms with van der Waals surface area (Å²) in [6.07, 6.45) is 1.98. The van der Waals surface area contributed by atoms with E-state index in [2.05, 4.69) is 13.8 Å². The summed E-state index contributed by atoms with van der Waals surface area (Å²) in [6, 6.07) is 31.6. The van der Waals surface area contributed by atoms with Crippen LogP contribution in [0.1, 0.15) is 42.6 Å². The lowest BCUT2D eigenvalue weighted by molar-refractivity contribution is 0.103. The highest BCUT2D eigenvalue weighted by Crippen LogP contribution is 2.26. The minimum Gasteiger partial charge on any atom is -0.494 e. The third kappa shape index (κ3) is 5.74. The molecule has 0 radical (unpaired) electrons. The summed E-state index contributed by atoms with van der Waals surface area (Å²) in [4.78, 5) is 13.0. The molecule has 4 aromatic rings. The van der Waals surface area contributed by atoms with Gasteiger partial charge in [0.25, 0.3) is 0 Å². The highest BCUT2D eigenvalue weighted by Gasteiger charge is 2.10. The molecular weight excluding hydrogens is 420 g/mol. The van der Waals surface area contributed by atoms with Gasteiger partial charge in [0.1, 0.15) is 11.5 Å². The Morgan fingerprint density at radius 1 is 0.500 bits per heavy atom. The van der Waals surface area contributed by atoms with Gasteiger partial charge in [0, 0.05) is 11.1 Å². The molecule has 4 aromatic carbocycles. The third-order valence-electron chi connectivity index (χ3n) is 5.62. The molecule has 0 heterocycles. The number of hydrogen-bond donors (Lipinski definition) is 0. The van der Waals surface area contributed by atoms with E-state index in [1.54, 1.807) is 0 Å². The second kappa shape index (κ2) is 11.3. The van der Waals surface area contributed by atoms with E-state index in [4.69, 9.17) is 9.47 Å². The molecule has 0 fully saturated rings. The Morgan fingerprint density at radius 3 is 1.09 bits per heavy atom. The molecule has 0 atom stereocenters. The maximum Gasteiger partial charge on any atom is 0.193 e. The zero-order valence-electron chi connectivity index (χ0n) is 19.8. The van der Waals surface area contributed by atoms with Crippen molar-refractivity contribution in [3.05, 3.63) is 108 Å². The first-order chi connectivity index (χ1) is 16.7. The fraction of sp³-hybridized carbons (Fsp3) is 0.194. The Kier molecular flexibility index (Phi) is 7.77. The molecule has 0 aliphatic heterocycles. The average Bonchev–Trinajstić information content (AvgIpc) is 2.91. The molecule has 0 N–H and O–H groups in total. The number of hydrogen-bond acceptors (Lipinski definition) is 3. The van der Waals surface area contributed by atoms with Gasteiger partial charge in [-0.1, -0.05) is 86.6 Å². The standard InChI is InChI=1S/C31H30O3/c1-3-21-33-29-17-13-25(14-18-29)23-5-9-27(10-6-23)31(32)28-11-7-24(8-12-28)26-15-19-30(20-16-26)34-22-4-2/h5-20H,3-4,21-22H2,1-2H3. The fourth-order valence-electron chi connectivity index (χ4n) is 3.72. The predicted molar refractivity (Wildman–Crippen MR) is 139 cm³/mol. The lowest BCUT2D eigenvalue weighted by atomic mass is 9.97. The second-order valence-electron chi connectivity index (χ2n) is 8.23. The summed E-state index contributed by atoms with van der Waals surface area (Å²) < 4.78 is 11.3. The Hall–Kier alpha value is -3.85.